The summed E-state index contributed by atoms with van der Waals surface area (Å²) in [5.74, 6) is 0.450. The number of carbonyl (C=O) groups is 1. The summed E-state index contributed by atoms with van der Waals surface area (Å²) in [4.78, 5) is 12.3. The number of hydrogen-bond donors (Lipinski definition) is 0. The molecule has 1 aromatic rings. The molecule has 0 fully saturated rings. The first kappa shape index (κ1) is 8.58. The molecule has 0 unspecified atom stereocenters. The van der Waals surface area contributed by atoms with Crippen LogP contribution in [0.1, 0.15) is 12.7 Å². The summed E-state index contributed by atoms with van der Waals surface area (Å²) in [6.45, 7) is 1.79. The molecular formula is C7H10N4O. The highest BCUT2D eigenvalue weighted by atomic mass is 16.1. The van der Waals surface area contributed by atoms with Crippen molar-refractivity contribution < 1.29 is 4.79 Å². The number of aromatic nitrogens is 4. The van der Waals surface area contributed by atoms with Crippen LogP contribution >= 0.6 is 0 Å². The number of nitrogens with zero attached hydrogens (tertiary/aromatic N) is 4. The highest BCUT2D eigenvalue weighted by Gasteiger charge is 2.04. The van der Waals surface area contributed by atoms with Gasteiger partial charge >= 0.3 is 0 Å². The summed E-state index contributed by atoms with van der Waals surface area (Å²) in [6.07, 6.45) is 3.41. The van der Waals surface area contributed by atoms with Gasteiger partial charge < -0.3 is 0 Å². The van der Waals surface area contributed by atoms with Gasteiger partial charge in [0.1, 0.15) is 0 Å². The van der Waals surface area contributed by atoms with Crippen LogP contribution < -0.4 is 0 Å². The first-order chi connectivity index (χ1) is 5.72. The molecule has 0 spiro atoms. The number of tetrazole rings is 1. The smallest absolute Gasteiger partial charge is 0.182 e. The van der Waals surface area contributed by atoms with Crippen LogP contribution in [0.4, 0.5) is 0 Å². The van der Waals surface area contributed by atoms with Crippen LogP contribution in [0, 0.1) is 0 Å². The number of aryl methyl sites for hydroxylation is 1. The average Bonchev–Trinajstić information content (AvgIpc) is 2.36. The second-order valence-electron chi connectivity index (χ2n) is 2.34. The summed E-state index contributed by atoms with van der Waals surface area (Å²) < 4.78 is 0. The van der Waals surface area contributed by atoms with Gasteiger partial charge in [0, 0.05) is 0 Å². The average molecular weight is 166 g/mol. The van der Waals surface area contributed by atoms with Gasteiger partial charge in [0.2, 0.25) is 0 Å². The minimum Gasteiger partial charge on any atom is -0.294 e. The third-order valence-corrected chi connectivity index (χ3v) is 1.23. The fourth-order valence-electron chi connectivity index (χ4n) is 0.795. The van der Waals surface area contributed by atoms with E-state index in [2.05, 4.69) is 15.4 Å². The topological polar surface area (TPSA) is 60.7 Å². The molecule has 0 N–H and O–H groups in total. The van der Waals surface area contributed by atoms with Crippen molar-refractivity contribution in [1.82, 2.24) is 20.2 Å². The van der Waals surface area contributed by atoms with Gasteiger partial charge in [-0.25, -0.2) is 0 Å². The normalized spacial score (nSPS) is 10.8. The van der Waals surface area contributed by atoms with Crippen LogP contribution in [0.25, 0.3) is 0 Å². The van der Waals surface area contributed by atoms with Gasteiger partial charge in [0.25, 0.3) is 0 Å². The van der Waals surface area contributed by atoms with Crippen LogP contribution in [0.5, 0.6) is 0 Å². The second-order valence-corrected chi connectivity index (χ2v) is 2.34. The molecule has 1 heterocycles. The van der Waals surface area contributed by atoms with E-state index in [0.29, 0.717) is 5.82 Å². The standard InChI is InChI=1S/C7H10N4O/c1-3-4-6(12)5-7-8-10-11(2)9-7/h3-4H,5H2,1-2H3/b4-3+. The Hall–Kier alpha value is -1.52. The van der Waals surface area contributed by atoms with Crippen molar-refractivity contribution in [2.75, 3.05) is 0 Å². The van der Waals surface area contributed by atoms with E-state index in [1.54, 1.807) is 20.0 Å². The molecule has 0 saturated carbocycles. The zero-order chi connectivity index (χ0) is 8.97. The maximum Gasteiger partial charge on any atom is 0.182 e. The minimum atomic E-state index is -0.00880. The Morgan fingerprint density at radius 2 is 2.42 bits per heavy atom. The van der Waals surface area contributed by atoms with Crippen molar-refractivity contribution in [3.8, 4) is 0 Å². The first-order valence-electron chi connectivity index (χ1n) is 3.61. The molecule has 0 aromatic carbocycles. The highest BCUT2D eigenvalue weighted by Crippen LogP contribution is 1.90. The lowest BCUT2D eigenvalue weighted by atomic mass is 10.2. The summed E-state index contributed by atoms with van der Waals surface area (Å²) in [5, 5.41) is 11.2. The molecule has 1 rings (SSSR count). The van der Waals surface area contributed by atoms with Gasteiger partial charge in [-0.2, -0.15) is 4.80 Å². The van der Waals surface area contributed by atoms with Crippen molar-refractivity contribution in [2.45, 2.75) is 13.3 Å². The third kappa shape index (κ3) is 2.26. The quantitative estimate of drug-likeness (QED) is 0.588. The molecule has 1 aromatic heterocycles. The number of rotatable bonds is 3. The molecule has 5 heteroatoms. The van der Waals surface area contributed by atoms with Crippen molar-refractivity contribution in [2.24, 2.45) is 7.05 Å². The van der Waals surface area contributed by atoms with Crippen LogP contribution in [-0.4, -0.2) is 26.0 Å². The lowest BCUT2D eigenvalue weighted by Gasteiger charge is -1.86. The zero-order valence-corrected chi connectivity index (χ0v) is 7.06. The van der Waals surface area contributed by atoms with E-state index < -0.39 is 0 Å². The maximum absolute atomic E-state index is 11.0. The predicted molar refractivity (Wildman–Crippen MR) is 42.3 cm³/mol. The largest absolute Gasteiger partial charge is 0.294 e. The van der Waals surface area contributed by atoms with Crippen LogP contribution in [0.3, 0.4) is 0 Å². The molecular weight excluding hydrogens is 156 g/mol. The summed E-state index contributed by atoms with van der Waals surface area (Å²) >= 11 is 0. The van der Waals surface area contributed by atoms with Gasteiger partial charge in [0.15, 0.2) is 11.6 Å². The molecule has 0 atom stereocenters. The Morgan fingerprint density at radius 1 is 1.67 bits per heavy atom. The Bertz CT molecular complexity index is 302. The van der Waals surface area contributed by atoms with E-state index in [1.165, 1.54) is 10.9 Å². The Labute approximate surface area is 70.1 Å². The SMILES string of the molecule is C/C=C/C(=O)Cc1nnn(C)n1. The Kier molecular flexibility index (Phi) is 2.68. The van der Waals surface area contributed by atoms with Gasteiger partial charge in [-0.3, -0.25) is 4.79 Å². The summed E-state index contributed by atoms with van der Waals surface area (Å²) in [6, 6.07) is 0. The molecule has 12 heavy (non-hydrogen) atoms. The molecule has 0 saturated heterocycles. The number of allylic oxidation sites excluding steroid dienone is 2. The third-order valence-electron chi connectivity index (χ3n) is 1.23. The molecule has 5 nitrogen and oxygen atoms in total. The molecule has 0 amide bonds. The highest BCUT2D eigenvalue weighted by molar-refractivity contribution is 5.90. The molecule has 0 aliphatic carbocycles. The number of hydrogen-bond acceptors (Lipinski definition) is 4. The fraction of sp³-hybridized carbons (Fsp3) is 0.429. The Morgan fingerprint density at radius 3 is 2.92 bits per heavy atom. The first-order valence-corrected chi connectivity index (χ1v) is 3.61. The number of ketones is 1. The number of carbonyl (C=O) groups excluding carboxylic acids is 1. The van der Waals surface area contributed by atoms with Crippen molar-refractivity contribution in [3.63, 3.8) is 0 Å². The van der Waals surface area contributed by atoms with Gasteiger partial charge in [-0.15, -0.1) is 10.2 Å². The van der Waals surface area contributed by atoms with E-state index in [0.717, 1.165) is 0 Å². The lowest BCUT2D eigenvalue weighted by Crippen LogP contribution is -2.01. The molecule has 64 valence electrons. The molecule has 0 bridgehead atoms. The summed E-state index contributed by atoms with van der Waals surface area (Å²) in [5.41, 5.74) is 0. The van der Waals surface area contributed by atoms with Crippen molar-refractivity contribution in [1.29, 1.82) is 0 Å². The van der Waals surface area contributed by atoms with E-state index in [4.69, 9.17) is 0 Å². The Balaban J connectivity index is 2.58. The monoisotopic (exact) mass is 166 g/mol. The minimum absolute atomic E-state index is 0.00880. The molecule has 0 aliphatic heterocycles. The van der Waals surface area contributed by atoms with E-state index in [-0.39, 0.29) is 12.2 Å². The van der Waals surface area contributed by atoms with Crippen LogP contribution in [-0.2, 0) is 18.3 Å². The molecule has 0 radical (unpaired) electrons. The van der Waals surface area contributed by atoms with Crippen LogP contribution in [0.15, 0.2) is 12.2 Å². The predicted octanol–water partition coefficient (Wildman–Crippen LogP) is -0.102. The lowest BCUT2D eigenvalue weighted by molar-refractivity contribution is -0.114. The molecule has 0 aliphatic rings. The van der Waals surface area contributed by atoms with Gasteiger partial charge in [0.05, 0.1) is 13.5 Å². The maximum atomic E-state index is 11.0. The summed E-state index contributed by atoms with van der Waals surface area (Å²) in [7, 11) is 1.66. The van der Waals surface area contributed by atoms with Gasteiger partial charge in [-0.05, 0) is 18.2 Å². The van der Waals surface area contributed by atoms with Gasteiger partial charge in [-0.1, -0.05) is 6.08 Å². The zero-order valence-electron chi connectivity index (χ0n) is 7.06. The van der Waals surface area contributed by atoms with Crippen molar-refractivity contribution in [3.05, 3.63) is 18.0 Å². The van der Waals surface area contributed by atoms with E-state index >= 15 is 0 Å². The van der Waals surface area contributed by atoms with E-state index in [1.807, 2.05) is 0 Å². The second kappa shape index (κ2) is 3.75. The van der Waals surface area contributed by atoms with Crippen molar-refractivity contribution >= 4 is 5.78 Å². The van der Waals surface area contributed by atoms with Crippen LogP contribution in [0.2, 0.25) is 0 Å². The van der Waals surface area contributed by atoms with E-state index in [9.17, 15) is 4.79 Å². The fourth-order valence-corrected chi connectivity index (χ4v) is 0.795.